The molecule has 2 N–H and O–H groups in total. The Morgan fingerprint density at radius 3 is 1.73 bits per heavy atom. The van der Waals surface area contributed by atoms with Crippen molar-refractivity contribution in [3.63, 3.8) is 0 Å². The molecular formula is C16H20FeN2O3+2. The molecule has 10 radical (unpaired) electrons. The number of hydrazine groups is 1. The fourth-order valence-electron chi connectivity index (χ4n) is 1.33. The third-order valence-electron chi connectivity index (χ3n) is 2.16. The van der Waals surface area contributed by atoms with Gasteiger partial charge in [0.15, 0.2) is 0 Å². The Morgan fingerprint density at radius 1 is 0.864 bits per heavy atom. The molecule has 0 spiro atoms. The van der Waals surface area contributed by atoms with Gasteiger partial charge in [0.1, 0.15) is 5.60 Å². The van der Waals surface area contributed by atoms with Crippen molar-refractivity contribution in [2.24, 2.45) is 0 Å². The van der Waals surface area contributed by atoms with Gasteiger partial charge in [0, 0.05) is 0 Å². The minimum Gasteiger partial charge on any atom is -0.443 e. The number of nitrogens with one attached hydrogen (secondary N) is 2. The van der Waals surface area contributed by atoms with Crippen molar-refractivity contribution in [1.82, 2.24) is 10.9 Å². The molecule has 0 aromatic carbocycles. The molecule has 0 aromatic heterocycles. The number of hydrogen-bond acceptors (Lipinski definition) is 3. The molecule has 22 heavy (non-hydrogen) atoms. The van der Waals surface area contributed by atoms with E-state index in [0.29, 0.717) is 5.92 Å². The molecule has 2 rings (SSSR count). The smallest absolute Gasteiger partial charge is 0.443 e. The van der Waals surface area contributed by atoms with Crippen LogP contribution in [0, 0.1) is 63.7 Å². The van der Waals surface area contributed by atoms with Gasteiger partial charge >= 0.3 is 23.2 Å². The summed E-state index contributed by atoms with van der Waals surface area (Å²) < 4.78 is 4.94. The second-order valence-electron chi connectivity index (χ2n) is 5.22. The Labute approximate surface area is 144 Å². The van der Waals surface area contributed by atoms with Crippen molar-refractivity contribution in [3.8, 4) is 0 Å². The first-order valence-electron chi connectivity index (χ1n) is 6.56. The largest absolute Gasteiger partial charge is 2.00 e. The SMILES string of the molecule is CC(C)(C)OC(=O)NNC(=O)[C]1[CH][CH][CH][CH]1.[CH]1[CH][CH][CH][CH]1.[Fe+2]. The zero-order chi connectivity index (χ0) is 15.7. The summed E-state index contributed by atoms with van der Waals surface area (Å²) in [5.74, 6) is 0.104. The Kier molecular flexibility index (Phi) is 10.5. The molecule has 2 amide bonds. The number of rotatable bonds is 1. The zero-order valence-electron chi connectivity index (χ0n) is 12.8. The summed E-state index contributed by atoms with van der Waals surface area (Å²) in [7, 11) is 0. The molecule has 2 aliphatic rings. The average molecular weight is 344 g/mol. The van der Waals surface area contributed by atoms with Gasteiger partial charge in [-0.25, -0.2) is 10.2 Å². The van der Waals surface area contributed by atoms with Crippen LogP contribution in [0.2, 0.25) is 0 Å². The first-order valence-corrected chi connectivity index (χ1v) is 6.56. The first-order chi connectivity index (χ1) is 9.88. The van der Waals surface area contributed by atoms with E-state index in [2.05, 4.69) is 10.9 Å². The van der Waals surface area contributed by atoms with E-state index in [-0.39, 0.29) is 23.0 Å². The van der Waals surface area contributed by atoms with E-state index in [1.807, 2.05) is 32.1 Å². The number of ether oxygens (including phenoxy) is 1. The molecule has 0 aliphatic heterocycles. The molecule has 0 heterocycles. The van der Waals surface area contributed by atoms with Gasteiger partial charge in [-0.15, -0.1) is 0 Å². The second kappa shape index (κ2) is 10.9. The molecule has 0 aromatic rings. The third-order valence-corrected chi connectivity index (χ3v) is 2.16. The summed E-state index contributed by atoms with van der Waals surface area (Å²) in [5.41, 5.74) is 3.82. The summed E-state index contributed by atoms with van der Waals surface area (Å²) in [6.45, 7) is 5.22. The summed E-state index contributed by atoms with van der Waals surface area (Å²) in [6.07, 6.45) is 16.1. The van der Waals surface area contributed by atoms with Gasteiger partial charge in [0.25, 0.3) is 0 Å². The predicted molar refractivity (Wildman–Crippen MR) is 79.5 cm³/mol. The fraction of sp³-hybridized carbons (Fsp3) is 0.250. The van der Waals surface area contributed by atoms with Crippen LogP contribution in [0.15, 0.2) is 0 Å². The molecule has 0 atom stereocenters. The molecule has 2 aliphatic carbocycles. The van der Waals surface area contributed by atoms with Crippen LogP contribution in [0.4, 0.5) is 4.79 Å². The minimum atomic E-state index is -0.688. The molecule has 2 saturated carbocycles. The summed E-state index contributed by atoms with van der Waals surface area (Å²) in [5, 5.41) is 0. The van der Waals surface area contributed by atoms with Gasteiger partial charge < -0.3 is 4.74 Å². The zero-order valence-corrected chi connectivity index (χ0v) is 13.9. The van der Waals surface area contributed by atoms with E-state index in [1.165, 1.54) is 0 Å². The van der Waals surface area contributed by atoms with Gasteiger partial charge in [0.2, 0.25) is 5.91 Å². The molecule has 0 unspecified atom stereocenters. The standard InChI is InChI=1S/C11H15N2O3.C5H5.Fe/c1-11(2,3)16-10(15)13-12-9(14)8-6-4-5-7-8;1-2-4-5-3-1;/h4-7H,1-3H3,(H,12,14)(H,13,15);1-5H;/q;;+2. The van der Waals surface area contributed by atoms with Crippen LogP contribution in [0.25, 0.3) is 0 Å². The molecule has 5 nitrogen and oxygen atoms in total. The predicted octanol–water partition coefficient (Wildman–Crippen LogP) is 1.97. The van der Waals surface area contributed by atoms with Crippen LogP contribution in [0.3, 0.4) is 0 Å². The maximum absolute atomic E-state index is 11.4. The van der Waals surface area contributed by atoms with E-state index < -0.39 is 11.7 Å². The number of carbonyl (C=O) groups excluding carboxylic acids is 2. The fourth-order valence-corrected chi connectivity index (χ4v) is 1.33. The van der Waals surface area contributed by atoms with Crippen LogP contribution in [-0.4, -0.2) is 17.6 Å². The average Bonchev–Trinajstić information content (AvgIpc) is 3.08. The van der Waals surface area contributed by atoms with Crippen LogP contribution in [0.1, 0.15) is 20.8 Å². The maximum atomic E-state index is 11.4. The molecule has 0 bridgehead atoms. The molecule has 0 saturated heterocycles. The van der Waals surface area contributed by atoms with E-state index in [4.69, 9.17) is 4.74 Å². The Morgan fingerprint density at radius 2 is 1.32 bits per heavy atom. The summed E-state index contributed by atoms with van der Waals surface area (Å²) in [6, 6.07) is 0. The van der Waals surface area contributed by atoms with E-state index in [0.717, 1.165) is 0 Å². The third kappa shape index (κ3) is 10.1. The van der Waals surface area contributed by atoms with Gasteiger partial charge in [0.05, 0.1) is 5.92 Å². The maximum Gasteiger partial charge on any atom is 2.00 e. The number of amides is 2. The van der Waals surface area contributed by atoms with Gasteiger partial charge in [-0.1, -0.05) is 0 Å². The van der Waals surface area contributed by atoms with Crippen LogP contribution < -0.4 is 10.9 Å². The van der Waals surface area contributed by atoms with E-state index >= 15 is 0 Å². The molecule has 118 valence electrons. The van der Waals surface area contributed by atoms with Crippen molar-refractivity contribution >= 4 is 12.0 Å². The van der Waals surface area contributed by atoms with Gasteiger partial charge in [-0.2, -0.15) is 0 Å². The number of hydrogen-bond donors (Lipinski definition) is 2. The molecular weight excluding hydrogens is 324 g/mol. The second-order valence-corrected chi connectivity index (χ2v) is 5.22. The van der Waals surface area contributed by atoms with Crippen molar-refractivity contribution in [2.75, 3.05) is 0 Å². The topological polar surface area (TPSA) is 67.4 Å². The number of carbonyl (C=O) groups is 2. The Hall–Kier alpha value is -0.741. The van der Waals surface area contributed by atoms with E-state index in [9.17, 15) is 9.59 Å². The molecule has 6 heteroatoms. The van der Waals surface area contributed by atoms with Gasteiger partial charge in [-0.05, 0) is 78.6 Å². The van der Waals surface area contributed by atoms with Crippen LogP contribution >= 0.6 is 0 Å². The van der Waals surface area contributed by atoms with Crippen molar-refractivity contribution in [1.29, 1.82) is 0 Å². The van der Waals surface area contributed by atoms with E-state index in [1.54, 1.807) is 46.5 Å². The van der Waals surface area contributed by atoms with Crippen LogP contribution in [0.5, 0.6) is 0 Å². The first kappa shape index (κ1) is 21.3. The van der Waals surface area contributed by atoms with Crippen LogP contribution in [-0.2, 0) is 26.6 Å². The van der Waals surface area contributed by atoms with Crippen molar-refractivity contribution < 1.29 is 31.4 Å². The Bertz CT molecular complexity index is 325. The Balaban J connectivity index is 0.000000622. The minimum absolute atomic E-state index is 0. The van der Waals surface area contributed by atoms with Crippen molar-refractivity contribution in [2.45, 2.75) is 26.4 Å². The monoisotopic (exact) mass is 344 g/mol. The van der Waals surface area contributed by atoms with Gasteiger partial charge in [-0.3, -0.25) is 10.2 Å². The molecule has 2 fully saturated rings. The normalized spacial score (nSPS) is 17.8. The summed E-state index contributed by atoms with van der Waals surface area (Å²) in [4.78, 5) is 22.6. The van der Waals surface area contributed by atoms with Crippen molar-refractivity contribution in [3.05, 3.63) is 63.7 Å². The quantitative estimate of drug-likeness (QED) is 0.565. The summed E-state index contributed by atoms with van der Waals surface area (Å²) >= 11 is 0.